The fraction of sp³-hybridized carbons (Fsp3) is 0.500. The molecule has 1 aromatic heterocycles. The van der Waals surface area contributed by atoms with Gasteiger partial charge in [0.25, 0.3) is 0 Å². The molecule has 2 saturated heterocycles. The minimum atomic E-state index is 0.0335. The van der Waals surface area contributed by atoms with Crippen molar-refractivity contribution in [1.29, 1.82) is 0 Å². The van der Waals surface area contributed by atoms with Crippen LogP contribution in [0.2, 0.25) is 0 Å². The fourth-order valence-corrected chi connectivity index (χ4v) is 2.77. The topological polar surface area (TPSA) is 42.4 Å². The van der Waals surface area contributed by atoms with E-state index in [1.165, 1.54) is 0 Å². The lowest BCUT2D eigenvalue weighted by Crippen LogP contribution is -2.72. The number of hydrogen-bond acceptors (Lipinski definition) is 3. The lowest BCUT2D eigenvalue weighted by atomic mass is 9.82. The molecule has 0 unspecified atom stereocenters. The molecule has 5 heteroatoms. The smallest absolute Gasteiger partial charge is 0.227 e. The van der Waals surface area contributed by atoms with E-state index in [1.54, 1.807) is 6.20 Å². The predicted molar refractivity (Wildman–Crippen MR) is 65.5 cm³/mol. The van der Waals surface area contributed by atoms with Gasteiger partial charge in [-0.1, -0.05) is 6.07 Å². The molecule has 3 rings (SSSR count). The number of carbonyl (C=O) groups is 1. The van der Waals surface area contributed by atoms with E-state index in [2.05, 4.69) is 20.9 Å². The SMILES string of the molecule is O=C(Cc1cccnc1Br)N1CCC12COC2. The second kappa shape index (κ2) is 4.07. The average Bonchev–Trinajstić information content (AvgIpc) is 2.17. The number of amides is 1. The molecule has 0 N–H and O–H groups in total. The summed E-state index contributed by atoms with van der Waals surface area (Å²) in [6.45, 7) is 2.26. The first-order valence-corrected chi connectivity index (χ1v) is 6.48. The summed E-state index contributed by atoms with van der Waals surface area (Å²) >= 11 is 3.37. The summed E-state index contributed by atoms with van der Waals surface area (Å²) in [5, 5.41) is 0. The van der Waals surface area contributed by atoms with E-state index in [0.29, 0.717) is 19.6 Å². The fourth-order valence-electron chi connectivity index (χ4n) is 2.38. The summed E-state index contributed by atoms with van der Waals surface area (Å²) in [7, 11) is 0. The van der Waals surface area contributed by atoms with Gasteiger partial charge in [-0.15, -0.1) is 0 Å². The van der Waals surface area contributed by atoms with Crippen LogP contribution in [0, 0.1) is 0 Å². The Morgan fingerprint density at radius 3 is 2.94 bits per heavy atom. The van der Waals surface area contributed by atoms with E-state index in [0.717, 1.165) is 23.1 Å². The maximum atomic E-state index is 12.2. The van der Waals surface area contributed by atoms with Gasteiger partial charge in [0.2, 0.25) is 5.91 Å². The Bertz CT molecular complexity index is 454. The summed E-state index contributed by atoms with van der Waals surface area (Å²) in [4.78, 5) is 18.3. The summed E-state index contributed by atoms with van der Waals surface area (Å²) in [6, 6.07) is 3.78. The summed E-state index contributed by atoms with van der Waals surface area (Å²) in [5.74, 6) is 0.174. The lowest BCUT2D eigenvalue weighted by molar-refractivity contribution is -0.199. The molecule has 2 aliphatic rings. The van der Waals surface area contributed by atoms with E-state index < -0.39 is 0 Å². The number of nitrogens with zero attached hydrogens (tertiary/aromatic N) is 2. The Hall–Kier alpha value is -0.940. The van der Waals surface area contributed by atoms with Crippen molar-refractivity contribution in [2.45, 2.75) is 18.4 Å². The van der Waals surface area contributed by atoms with Gasteiger partial charge in [-0.2, -0.15) is 0 Å². The molecule has 3 heterocycles. The van der Waals surface area contributed by atoms with Gasteiger partial charge < -0.3 is 9.64 Å². The first kappa shape index (κ1) is 11.2. The number of halogens is 1. The third kappa shape index (κ3) is 1.77. The Labute approximate surface area is 108 Å². The van der Waals surface area contributed by atoms with Crippen LogP contribution in [-0.2, 0) is 16.0 Å². The third-order valence-electron chi connectivity index (χ3n) is 3.59. The number of aromatic nitrogens is 1. The van der Waals surface area contributed by atoms with Crippen LogP contribution in [-0.4, -0.2) is 41.1 Å². The van der Waals surface area contributed by atoms with Gasteiger partial charge in [0.1, 0.15) is 4.60 Å². The molecule has 1 aromatic rings. The van der Waals surface area contributed by atoms with E-state index in [9.17, 15) is 4.79 Å². The molecular formula is C12H13BrN2O2. The number of ether oxygens (including phenoxy) is 1. The van der Waals surface area contributed by atoms with Crippen molar-refractivity contribution in [2.75, 3.05) is 19.8 Å². The van der Waals surface area contributed by atoms with Gasteiger partial charge in [-0.05, 0) is 34.0 Å². The van der Waals surface area contributed by atoms with Gasteiger partial charge >= 0.3 is 0 Å². The van der Waals surface area contributed by atoms with Crippen molar-refractivity contribution >= 4 is 21.8 Å². The number of pyridine rings is 1. The zero-order chi connectivity index (χ0) is 11.9. The molecule has 0 radical (unpaired) electrons. The predicted octanol–water partition coefficient (Wildman–Crippen LogP) is 1.39. The largest absolute Gasteiger partial charge is 0.376 e. The van der Waals surface area contributed by atoms with Gasteiger partial charge in [-0.25, -0.2) is 4.98 Å². The van der Waals surface area contributed by atoms with E-state index >= 15 is 0 Å². The maximum Gasteiger partial charge on any atom is 0.227 e. The van der Waals surface area contributed by atoms with Crippen LogP contribution in [0.5, 0.6) is 0 Å². The highest BCUT2D eigenvalue weighted by atomic mass is 79.9. The molecule has 4 nitrogen and oxygen atoms in total. The molecule has 17 heavy (non-hydrogen) atoms. The highest BCUT2D eigenvalue weighted by Crippen LogP contribution is 2.37. The van der Waals surface area contributed by atoms with Crippen molar-refractivity contribution in [2.24, 2.45) is 0 Å². The molecule has 90 valence electrons. The molecule has 0 bridgehead atoms. The second-order valence-electron chi connectivity index (χ2n) is 4.64. The summed E-state index contributed by atoms with van der Waals surface area (Å²) in [6.07, 6.45) is 3.20. The molecule has 0 saturated carbocycles. The van der Waals surface area contributed by atoms with Gasteiger partial charge in [-0.3, -0.25) is 4.79 Å². The van der Waals surface area contributed by atoms with Crippen molar-refractivity contribution in [3.8, 4) is 0 Å². The Morgan fingerprint density at radius 1 is 1.59 bits per heavy atom. The lowest BCUT2D eigenvalue weighted by Gasteiger charge is -2.57. The minimum Gasteiger partial charge on any atom is -0.376 e. The standard InChI is InChI=1S/C12H13BrN2O2/c13-11-9(2-1-4-14-11)6-10(16)15-5-3-12(15)7-17-8-12/h1-2,4H,3,5-8H2. The van der Waals surface area contributed by atoms with E-state index in [4.69, 9.17) is 4.74 Å². The highest BCUT2D eigenvalue weighted by molar-refractivity contribution is 9.10. The number of carbonyl (C=O) groups excluding carboxylic acids is 1. The van der Waals surface area contributed by atoms with Crippen LogP contribution < -0.4 is 0 Å². The molecular weight excluding hydrogens is 284 g/mol. The second-order valence-corrected chi connectivity index (χ2v) is 5.39. The van der Waals surface area contributed by atoms with E-state index in [1.807, 2.05) is 17.0 Å². The summed E-state index contributed by atoms with van der Waals surface area (Å²) in [5.41, 5.74) is 0.978. The van der Waals surface area contributed by atoms with Crippen LogP contribution in [0.15, 0.2) is 22.9 Å². The zero-order valence-corrected chi connectivity index (χ0v) is 10.9. The molecule has 0 atom stereocenters. The Morgan fingerprint density at radius 2 is 2.41 bits per heavy atom. The molecule has 2 aliphatic heterocycles. The van der Waals surface area contributed by atoms with Crippen LogP contribution >= 0.6 is 15.9 Å². The van der Waals surface area contributed by atoms with Crippen molar-refractivity contribution in [1.82, 2.24) is 9.88 Å². The van der Waals surface area contributed by atoms with Gasteiger partial charge in [0.15, 0.2) is 0 Å². The number of hydrogen-bond donors (Lipinski definition) is 0. The first-order valence-electron chi connectivity index (χ1n) is 5.69. The summed E-state index contributed by atoms with van der Waals surface area (Å²) < 4.78 is 5.98. The highest BCUT2D eigenvalue weighted by Gasteiger charge is 2.52. The molecule has 0 aromatic carbocycles. The zero-order valence-electron chi connectivity index (χ0n) is 9.36. The Kier molecular flexibility index (Phi) is 2.67. The number of rotatable bonds is 2. The van der Waals surface area contributed by atoms with Crippen LogP contribution in [0.25, 0.3) is 0 Å². The maximum absolute atomic E-state index is 12.2. The van der Waals surface area contributed by atoms with Gasteiger partial charge in [0, 0.05) is 12.7 Å². The quantitative estimate of drug-likeness (QED) is 0.775. The van der Waals surface area contributed by atoms with Gasteiger partial charge in [0.05, 0.1) is 25.2 Å². The van der Waals surface area contributed by atoms with Crippen LogP contribution in [0.4, 0.5) is 0 Å². The Balaban J connectivity index is 1.70. The van der Waals surface area contributed by atoms with Crippen molar-refractivity contribution < 1.29 is 9.53 Å². The average molecular weight is 297 g/mol. The van der Waals surface area contributed by atoms with Crippen LogP contribution in [0.1, 0.15) is 12.0 Å². The molecule has 1 spiro atoms. The first-order chi connectivity index (χ1) is 8.21. The molecule has 2 fully saturated rings. The molecule has 0 aliphatic carbocycles. The normalized spacial score (nSPS) is 20.9. The van der Waals surface area contributed by atoms with Crippen molar-refractivity contribution in [3.63, 3.8) is 0 Å². The molecule has 1 amide bonds. The van der Waals surface area contributed by atoms with Crippen molar-refractivity contribution in [3.05, 3.63) is 28.5 Å². The number of likely N-dealkylation sites (tertiary alicyclic amines) is 1. The van der Waals surface area contributed by atoms with E-state index in [-0.39, 0.29) is 11.4 Å². The monoisotopic (exact) mass is 296 g/mol. The third-order valence-corrected chi connectivity index (χ3v) is 4.31. The van der Waals surface area contributed by atoms with Crippen LogP contribution in [0.3, 0.4) is 0 Å². The minimum absolute atomic E-state index is 0.0335.